The number of carbonyl (C=O) groups excluding carboxylic acids is 1. The number of rotatable bonds is 7. The largest absolute Gasteiger partial charge is 0.484 e. The first-order chi connectivity index (χ1) is 12.6. The van der Waals surface area contributed by atoms with Gasteiger partial charge in [0.2, 0.25) is 5.88 Å². The Bertz CT molecular complexity index is 755. The molecule has 138 valence electrons. The number of aromatic nitrogens is 1. The normalized spacial score (nSPS) is 14.2. The molecular weight excluding hydrogens is 328 g/mol. The van der Waals surface area contributed by atoms with Crippen LogP contribution < -0.4 is 14.8 Å². The predicted molar refractivity (Wildman–Crippen MR) is 100 cm³/mol. The molecule has 1 aromatic carbocycles. The standard InChI is InChI=1S/C21H26N2O3/c1-15-9-10-19(16(2)12-15)25-14-20(24)23-13-17-6-5-11-22-21(17)26-18-7-3-4-8-18/h5-6,9-12,18H,3-4,7-8,13-14H2,1-2H3,(H,23,24). The Morgan fingerprint density at radius 2 is 2.04 bits per heavy atom. The van der Waals surface area contributed by atoms with Gasteiger partial charge in [0, 0.05) is 18.3 Å². The van der Waals surface area contributed by atoms with Gasteiger partial charge in [0.05, 0.1) is 0 Å². The lowest BCUT2D eigenvalue weighted by Gasteiger charge is -2.15. The molecule has 1 fully saturated rings. The zero-order valence-electron chi connectivity index (χ0n) is 15.5. The molecule has 1 aliphatic rings. The van der Waals surface area contributed by atoms with Crippen LogP contribution in [0.5, 0.6) is 11.6 Å². The Kier molecular flexibility index (Phi) is 6.10. The van der Waals surface area contributed by atoms with Gasteiger partial charge >= 0.3 is 0 Å². The van der Waals surface area contributed by atoms with E-state index in [1.54, 1.807) is 6.20 Å². The molecule has 2 aromatic rings. The zero-order chi connectivity index (χ0) is 18.4. The third kappa shape index (κ3) is 4.97. The summed E-state index contributed by atoms with van der Waals surface area (Å²) in [5.74, 6) is 1.19. The molecule has 3 rings (SSSR count). The van der Waals surface area contributed by atoms with Crippen molar-refractivity contribution >= 4 is 5.91 Å². The van der Waals surface area contributed by atoms with Crippen molar-refractivity contribution in [3.05, 3.63) is 53.2 Å². The van der Waals surface area contributed by atoms with E-state index in [4.69, 9.17) is 9.47 Å². The van der Waals surface area contributed by atoms with E-state index < -0.39 is 0 Å². The fraction of sp³-hybridized carbons (Fsp3) is 0.429. The minimum absolute atomic E-state index is 0.0109. The van der Waals surface area contributed by atoms with E-state index in [0.717, 1.165) is 29.7 Å². The molecule has 0 bridgehead atoms. The molecule has 1 heterocycles. The highest BCUT2D eigenvalue weighted by Gasteiger charge is 2.18. The monoisotopic (exact) mass is 354 g/mol. The summed E-state index contributed by atoms with van der Waals surface area (Å²) < 4.78 is 11.6. The molecule has 0 unspecified atom stereocenters. The second kappa shape index (κ2) is 8.70. The molecule has 1 amide bonds. The minimum atomic E-state index is -0.166. The molecule has 0 spiro atoms. The fourth-order valence-electron chi connectivity index (χ4n) is 3.18. The van der Waals surface area contributed by atoms with Gasteiger partial charge in [-0.25, -0.2) is 4.98 Å². The summed E-state index contributed by atoms with van der Waals surface area (Å²) >= 11 is 0. The highest BCUT2D eigenvalue weighted by atomic mass is 16.5. The van der Waals surface area contributed by atoms with Crippen molar-refractivity contribution < 1.29 is 14.3 Å². The molecule has 0 atom stereocenters. The maximum atomic E-state index is 12.1. The third-order valence-electron chi connectivity index (χ3n) is 4.60. The van der Waals surface area contributed by atoms with Crippen LogP contribution in [0.3, 0.4) is 0 Å². The Hall–Kier alpha value is -2.56. The second-order valence-electron chi connectivity index (χ2n) is 6.83. The van der Waals surface area contributed by atoms with Gasteiger partial charge in [-0.3, -0.25) is 4.79 Å². The van der Waals surface area contributed by atoms with Gasteiger partial charge in [0.1, 0.15) is 11.9 Å². The van der Waals surface area contributed by atoms with Crippen LogP contribution >= 0.6 is 0 Å². The van der Waals surface area contributed by atoms with Crippen molar-refractivity contribution in [3.63, 3.8) is 0 Å². The highest BCUT2D eigenvalue weighted by molar-refractivity contribution is 5.77. The van der Waals surface area contributed by atoms with Crippen LogP contribution in [-0.4, -0.2) is 23.6 Å². The Morgan fingerprint density at radius 3 is 2.81 bits per heavy atom. The number of ether oxygens (including phenoxy) is 2. The maximum Gasteiger partial charge on any atom is 0.258 e. The molecular formula is C21H26N2O3. The first kappa shape index (κ1) is 18.2. The van der Waals surface area contributed by atoms with E-state index >= 15 is 0 Å². The quantitative estimate of drug-likeness (QED) is 0.823. The number of benzene rings is 1. The first-order valence-corrected chi connectivity index (χ1v) is 9.19. The van der Waals surface area contributed by atoms with E-state index in [-0.39, 0.29) is 18.6 Å². The minimum Gasteiger partial charge on any atom is -0.484 e. The van der Waals surface area contributed by atoms with Crippen LogP contribution in [-0.2, 0) is 11.3 Å². The molecule has 0 aliphatic heterocycles. The lowest BCUT2D eigenvalue weighted by molar-refractivity contribution is -0.123. The van der Waals surface area contributed by atoms with Crippen molar-refractivity contribution in [2.75, 3.05) is 6.61 Å². The van der Waals surface area contributed by atoms with E-state index in [1.807, 2.05) is 44.2 Å². The van der Waals surface area contributed by atoms with Crippen molar-refractivity contribution in [3.8, 4) is 11.6 Å². The predicted octanol–water partition coefficient (Wildman–Crippen LogP) is 3.72. The summed E-state index contributed by atoms with van der Waals surface area (Å²) in [6.45, 7) is 4.37. The number of aryl methyl sites for hydroxylation is 2. The van der Waals surface area contributed by atoms with Gasteiger partial charge in [-0.2, -0.15) is 0 Å². The number of pyridine rings is 1. The molecule has 5 nitrogen and oxygen atoms in total. The number of carbonyl (C=O) groups is 1. The van der Waals surface area contributed by atoms with E-state index in [0.29, 0.717) is 12.4 Å². The lowest BCUT2D eigenvalue weighted by atomic mass is 10.1. The van der Waals surface area contributed by atoms with Crippen LogP contribution in [0.25, 0.3) is 0 Å². The third-order valence-corrected chi connectivity index (χ3v) is 4.60. The maximum absolute atomic E-state index is 12.1. The lowest BCUT2D eigenvalue weighted by Crippen LogP contribution is -2.29. The number of hydrogen-bond donors (Lipinski definition) is 1. The summed E-state index contributed by atoms with van der Waals surface area (Å²) in [4.78, 5) is 16.5. The number of hydrogen-bond acceptors (Lipinski definition) is 4. The summed E-state index contributed by atoms with van der Waals surface area (Å²) in [5.41, 5.74) is 3.09. The molecule has 1 saturated carbocycles. The van der Waals surface area contributed by atoms with Gasteiger partial charge in [-0.1, -0.05) is 23.8 Å². The van der Waals surface area contributed by atoms with Crippen LogP contribution in [0.4, 0.5) is 0 Å². The molecule has 0 radical (unpaired) electrons. The van der Waals surface area contributed by atoms with Crippen molar-refractivity contribution in [2.45, 2.75) is 52.2 Å². The van der Waals surface area contributed by atoms with Crippen LogP contribution in [0, 0.1) is 13.8 Å². The van der Waals surface area contributed by atoms with Gasteiger partial charge in [-0.05, 0) is 57.2 Å². The fourth-order valence-corrected chi connectivity index (χ4v) is 3.18. The van der Waals surface area contributed by atoms with Crippen LogP contribution in [0.1, 0.15) is 42.4 Å². The van der Waals surface area contributed by atoms with Crippen LogP contribution in [0.15, 0.2) is 36.5 Å². The Labute approximate surface area is 154 Å². The van der Waals surface area contributed by atoms with E-state index in [9.17, 15) is 4.79 Å². The van der Waals surface area contributed by atoms with E-state index in [2.05, 4.69) is 10.3 Å². The molecule has 5 heteroatoms. The summed E-state index contributed by atoms with van der Waals surface area (Å²) in [5, 5.41) is 2.88. The molecule has 1 N–H and O–H groups in total. The number of nitrogens with one attached hydrogen (secondary N) is 1. The van der Waals surface area contributed by atoms with Gasteiger partial charge < -0.3 is 14.8 Å². The van der Waals surface area contributed by atoms with Crippen LogP contribution in [0.2, 0.25) is 0 Å². The molecule has 1 aliphatic carbocycles. The highest BCUT2D eigenvalue weighted by Crippen LogP contribution is 2.25. The molecule has 26 heavy (non-hydrogen) atoms. The smallest absolute Gasteiger partial charge is 0.258 e. The van der Waals surface area contributed by atoms with Crippen molar-refractivity contribution in [2.24, 2.45) is 0 Å². The average molecular weight is 354 g/mol. The molecule has 0 saturated heterocycles. The summed E-state index contributed by atoms with van der Waals surface area (Å²) in [6.07, 6.45) is 6.53. The Balaban J connectivity index is 1.51. The van der Waals surface area contributed by atoms with Gasteiger partial charge in [0.15, 0.2) is 6.61 Å². The summed E-state index contributed by atoms with van der Waals surface area (Å²) in [6, 6.07) is 9.70. The van der Waals surface area contributed by atoms with E-state index in [1.165, 1.54) is 18.4 Å². The van der Waals surface area contributed by atoms with Gasteiger partial charge in [0.25, 0.3) is 5.91 Å². The Morgan fingerprint density at radius 1 is 1.23 bits per heavy atom. The number of amides is 1. The number of nitrogens with zero attached hydrogens (tertiary/aromatic N) is 1. The summed E-state index contributed by atoms with van der Waals surface area (Å²) in [7, 11) is 0. The second-order valence-corrected chi connectivity index (χ2v) is 6.83. The van der Waals surface area contributed by atoms with Crippen molar-refractivity contribution in [1.29, 1.82) is 0 Å². The zero-order valence-corrected chi connectivity index (χ0v) is 15.5. The average Bonchev–Trinajstić information content (AvgIpc) is 3.13. The van der Waals surface area contributed by atoms with Crippen molar-refractivity contribution in [1.82, 2.24) is 10.3 Å². The van der Waals surface area contributed by atoms with Gasteiger partial charge in [-0.15, -0.1) is 0 Å². The topological polar surface area (TPSA) is 60.5 Å². The molecule has 1 aromatic heterocycles. The SMILES string of the molecule is Cc1ccc(OCC(=O)NCc2cccnc2OC2CCCC2)c(C)c1. The first-order valence-electron chi connectivity index (χ1n) is 9.19.